The van der Waals surface area contributed by atoms with Gasteiger partial charge in [-0.3, -0.25) is 14.2 Å². The number of amides is 1. The third kappa shape index (κ3) is 5.90. The van der Waals surface area contributed by atoms with Crippen molar-refractivity contribution in [2.24, 2.45) is 0 Å². The summed E-state index contributed by atoms with van der Waals surface area (Å²) in [5, 5.41) is 13.1. The first-order valence-electron chi connectivity index (χ1n) is 10.1. The Balaban J connectivity index is 1.75. The third-order valence-corrected chi connectivity index (χ3v) is 6.63. The molecule has 3 aromatic rings. The van der Waals surface area contributed by atoms with Gasteiger partial charge in [0, 0.05) is 23.1 Å². The molecular weight excluding hydrogens is 428 g/mol. The minimum Gasteiger partial charge on any atom is -0.324 e. The Labute approximate surface area is 190 Å². The Morgan fingerprint density at radius 2 is 1.97 bits per heavy atom. The number of nitriles is 1. The van der Waals surface area contributed by atoms with Gasteiger partial charge in [0.25, 0.3) is 5.56 Å². The second kappa shape index (κ2) is 11.0. The van der Waals surface area contributed by atoms with E-state index in [0.717, 1.165) is 17.0 Å². The minimum atomic E-state index is -0.170. The van der Waals surface area contributed by atoms with Gasteiger partial charge in [-0.1, -0.05) is 49.9 Å². The summed E-state index contributed by atoms with van der Waals surface area (Å²) in [4.78, 5) is 31.1. The SMILES string of the molecule is CCCn1c(SCC(=O)Nc2ccccc2S[C@H](C)CC#N)nc2ccccc2c1=O. The average Bonchev–Trinajstić information content (AvgIpc) is 2.76. The first kappa shape index (κ1) is 22.9. The zero-order chi connectivity index (χ0) is 22.2. The molecule has 6 nitrogen and oxygen atoms in total. The highest BCUT2D eigenvalue weighted by atomic mass is 32.2. The van der Waals surface area contributed by atoms with Crippen LogP contribution < -0.4 is 10.9 Å². The van der Waals surface area contributed by atoms with Gasteiger partial charge in [-0.15, -0.1) is 11.8 Å². The first-order valence-corrected chi connectivity index (χ1v) is 11.9. The van der Waals surface area contributed by atoms with E-state index in [2.05, 4.69) is 16.4 Å². The predicted octanol–water partition coefficient (Wildman–Crippen LogP) is 4.93. The Morgan fingerprint density at radius 1 is 1.23 bits per heavy atom. The van der Waals surface area contributed by atoms with Crippen molar-refractivity contribution >= 4 is 46.0 Å². The molecule has 0 bridgehead atoms. The van der Waals surface area contributed by atoms with E-state index >= 15 is 0 Å². The number of carbonyl (C=O) groups excluding carboxylic acids is 1. The number of hydrogen-bond acceptors (Lipinski definition) is 6. The Morgan fingerprint density at radius 3 is 2.74 bits per heavy atom. The normalized spacial score (nSPS) is 11.8. The number of fused-ring (bicyclic) bond motifs is 1. The van der Waals surface area contributed by atoms with Crippen LogP contribution >= 0.6 is 23.5 Å². The van der Waals surface area contributed by atoms with Crippen LogP contribution in [-0.2, 0) is 11.3 Å². The van der Waals surface area contributed by atoms with Crippen molar-refractivity contribution in [2.45, 2.75) is 48.5 Å². The molecule has 0 fully saturated rings. The first-order chi connectivity index (χ1) is 15.0. The molecule has 2 aromatic carbocycles. The van der Waals surface area contributed by atoms with E-state index in [1.807, 2.05) is 56.3 Å². The second-order valence-corrected chi connectivity index (χ2v) is 9.41. The fourth-order valence-corrected chi connectivity index (χ4v) is 4.87. The quantitative estimate of drug-likeness (QED) is 0.366. The standard InChI is InChI=1S/C23H24N4O2S2/c1-3-14-27-22(29)17-8-4-5-9-18(17)26-23(27)30-15-21(28)25-19-10-6-7-11-20(19)31-16(2)12-13-24/h4-11,16H,3,12,14-15H2,1-2H3,(H,25,28)/t16-/m1/s1. The van der Waals surface area contributed by atoms with Crippen molar-refractivity contribution in [2.75, 3.05) is 11.1 Å². The van der Waals surface area contributed by atoms with Crippen LogP contribution in [0.15, 0.2) is 63.4 Å². The third-order valence-electron chi connectivity index (χ3n) is 4.47. The molecule has 3 rings (SSSR count). The van der Waals surface area contributed by atoms with Crippen LogP contribution in [0.3, 0.4) is 0 Å². The van der Waals surface area contributed by atoms with Gasteiger partial charge in [0.15, 0.2) is 5.16 Å². The average molecular weight is 453 g/mol. The van der Waals surface area contributed by atoms with Gasteiger partial charge in [-0.25, -0.2) is 4.98 Å². The largest absolute Gasteiger partial charge is 0.324 e. The minimum absolute atomic E-state index is 0.0800. The van der Waals surface area contributed by atoms with E-state index in [1.54, 1.807) is 22.4 Å². The van der Waals surface area contributed by atoms with Crippen molar-refractivity contribution in [3.8, 4) is 6.07 Å². The van der Waals surface area contributed by atoms with Crippen LogP contribution in [0.1, 0.15) is 26.7 Å². The Kier molecular flexibility index (Phi) is 8.15. The van der Waals surface area contributed by atoms with Crippen molar-refractivity contribution in [1.82, 2.24) is 9.55 Å². The summed E-state index contributed by atoms with van der Waals surface area (Å²) in [5.41, 5.74) is 1.28. The van der Waals surface area contributed by atoms with Gasteiger partial charge in [-0.2, -0.15) is 5.26 Å². The predicted molar refractivity (Wildman–Crippen MR) is 128 cm³/mol. The van der Waals surface area contributed by atoms with Crippen LogP contribution in [0.25, 0.3) is 10.9 Å². The number of anilines is 1. The van der Waals surface area contributed by atoms with Gasteiger partial charge < -0.3 is 5.32 Å². The van der Waals surface area contributed by atoms with Crippen LogP contribution in [-0.4, -0.2) is 26.5 Å². The number of hydrogen-bond donors (Lipinski definition) is 1. The number of thioether (sulfide) groups is 2. The van der Waals surface area contributed by atoms with Crippen molar-refractivity contribution in [3.63, 3.8) is 0 Å². The monoisotopic (exact) mass is 452 g/mol. The van der Waals surface area contributed by atoms with Gasteiger partial charge in [0.2, 0.25) is 5.91 Å². The molecule has 8 heteroatoms. The second-order valence-electron chi connectivity index (χ2n) is 6.99. The molecule has 0 aliphatic heterocycles. The highest BCUT2D eigenvalue weighted by Gasteiger charge is 2.14. The molecule has 1 heterocycles. The molecule has 1 atom stereocenters. The molecule has 1 N–H and O–H groups in total. The molecule has 1 amide bonds. The molecule has 0 aliphatic rings. The van der Waals surface area contributed by atoms with Crippen molar-refractivity contribution in [1.29, 1.82) is 5.26 Å². The van der Waals surface area contributed by atoms with Gasteiger partial charge in [0.1, 0.15) is 0 Å². The lowest BCUT2D eigenvalue weighted by molar-refractivity contribution is -0.113. The van der Waals surface area contributed by atoms with Gasteiger partial charge in [-0.05, 0) is 30.7 Å². The Hall–Kier alpha value is -2.76. The lowest BCUT2D eigenvalue weighted by Gasteiger charge is -2.14. The highest BCUT2D eigenvalue weighted by molar-refractivity contribution is 8.00. The fourth-order valence-electron chi connectivity index (χ4n) is 3.05. The topological polar surface area (TPSA) is 87.8 Å². The molecule has 31 heavy (non-hydrogen) atoms. The molecular formula is C23H24N4O2S2. The number of nitrogens with zero attached hydrogens (tertiary/aromatic N) is 3. The van der Waals surface area contributed by atoms with Crippen LogP contribution in [0, 0.1) is 11.3 Å². The number of nitrogens with one attached hydrogen (secondary N) is 1. The Bertz CT molecular complexity index is 1170. The summed E-state index contributed by atoms with van der Waals surface area (Å²) < 4.78 is 1.65. The number of benzene rings is 2. The van der Waals surface area contributed by atoms with Crippen molar-refractivity contribution in [3.05, 3.63) is 58.9 Å². The summed E-state index contributed by atoms with van der Waals surface area (Å²) in [7, 11) is 0. The smallest absolute Gasteiger partial charge is 0.262 e. The molecule has 160 valence electrons. The van der Waals surface area contributed by atoms with E-state index in [0.29, 0.717) is 29.0 Å². The van der Waals surface area contributed by atoms with E-state index < -0.39 is 0 Å². The van der Waals surface area contributed by atoms with Crippen molar-refractivity contribution < 1.29 is 4.79 Å². The summed E-state index contributed by atoms with van der Waals surface area (Å²) >= 11 is 2.82. The molecule has 0 saturated carbocycles. The molecule has 0 radical (unpaired) electrons. The summed E-state index contributed by atoms with van der Waals surface area (Å²) in [6.07, 6.45) is 1.23. The lowest BCUT2D eigenvalue weighted by Crippen LogP contribution is -2.24. The number of para-hydroxylation sites is 2. The molecule has 1 aromatic heterocycles. The summed E-state index contributed by atoms with van der Waals surface area (Å²) in [6.45, 7) is 4.54. The molecule has 0 aliphatic carbocycles. The van der Waals surface area contributed by atoms with Gasteiger partial charge >= 0.3 is 0 Å². The van der Waals surface area contributed by atoms with Gasteiger partial charge in [0.05, 0.1) is 28.4 Å². The lowest BCUT2D eigenvalue weighted by atomic mass is 10.2. The molecule has 0 saturated heterocycles. The summed E-state index contributed by atoms with van der Waals surface area (Å²) in [5.74, 6) is -0.0298. The maximum absolute atomic E-state index is 12.9. The molecule has 0 spiro atoms. The zero-order valence-corrected chi connectivity index (χ0v) is 19.1. The number of aromatic nitrogens is 2. The summed E-state index contributed by atoms with van der Waals surface area (Å²) in [6, 6.07) is 17.0. The number of rotatable bonds is 9. The van der Waals surface area contributed by atoms with E-state index in [1.165, 1.54) is 11.8 Å². The maximum Gasteiger partial charge on any atom is 0.262 e. The van der Waals surface area contributed by atoms with E-state index in [4.69, 9.17) is 5.26 Å². The number of carbonyl (C=O) groups is 1. The highest BCUT2D eigenvalue weighted by Crippen LogP contribution is 2.31. The zero-order valence-electron chi connectivity index (χ0n) is 17.5. The van der Waals surface area contributed by atoms with Crippen LogP contribution in [0.2, 0.25) is 0 Å². The maximum atomic E-state index is 12.9. The van der Waals surface area contributed by atoms with E-state index in [9.17, 15) is 9.59 Å². The van der Waals surface area contributed by atoms with E-state index in [-0.39, 0.29) is 22.5 Å². The van der Waals surface area contributed by atoms with Crippen LogP contribution in [0.4, 0.5) is 5.69 Å². The fraction of sp³-hybridized carbons (Fsp3) is 0.304. The van der Waals surface area contributed by atoms with Crippen LogP contribution in [0.5, 0.6) is 0 Å². The molecule has 0 unspecified atom stereocenters.